The number of aryl methyl sites for hydroxylation is 1. The van der Waals surface area contributed by atoms with Gasteiger partial charge in [-0.2, -0.15) is 0 Å². The number of hydrogen-bond donors (Lipinski definition) is 0. The molecule has 0 N–H and O–H groups in total. The molecule has 1 heterocycles. The molecular weight excluding hydrogens is 326 g/mol. The zero-order chi connectivity index (χ0) is 17.8. The van der Waals surface area contributed by atoms with Gasteiger partial charge in [0.15, 0.2) is 6.10 Å². The second-order valence-corrected chi connectivity index (χ2v) is 6.19. The van der Waals surface area contributed by atoms with Gasteiger partial charge < -0.3 is 14.3 Å². The van der Waals surface area contributed by atoms with Crippen molar-refractivity contribution in [2.45, 2.75) is 19.4 Å². The molecule has 0 saturated heterocycles. The van der Waals surface area contributed by atoms with E-state index in [9.17, 15) is 0 Å². The van der Waals surface area contributed by atoms with Gasteiger partial charge in [-0.25, -0.2) is 0 Å². The van der Waals surface area contributed by atoms with Gasteiger partial charge >= 0.3 is 0 Å². The maximum absolute atomic E-state index is 5.81. The Hall–Kier alpha value is -3.27. The predicted molar refractivity (Wildman–Crippen MR) is 101 cm³/mol. The lowest BCUT2D eigenvalue weighted by Crippen LogP contribution is -2.07. The third-order valence-corrected chi connectivity index (χ3v) is 4.10. The molecule has 1 atom stereocenters. The van der Waals surface area contributed by atoms with Crippen molar-refractivity contribution in [3.8, 4) is 17.2 Å². The lowest BCUT2D eigenvalue weighted by atomic mass is 10.1. The summed E-state index contributed by atoms with van der Waals surface area (Å²) < 4.78 is 11.6. The van der Waals surface area contributed by atoms with Gasteiger partial charge in [0, 0.05) is 0 Å². The van der Waals surface area contributed by atoms with E-state index in [1.54, 1.807) is 0 Å². The summed E-state index contributed by atoms with van der Waals surface area (Å²) in [7, 11) is 0. The molecule has 0 unspecified atom stereocenters. The van der Waals surface area contributed by atoms with E-state index in [1.807, 2.05) is 85.8 Å². The summed E-state index contributed by atoms with van der Waals surface area (Å²) in [6.45, 7) is 2.03. The highest BCUT2D eigenvalue weighted by Gasteiger charge is 2.24. The fourth-order valence-electron chi connectivity index (χ4n) is 2.78. The Bertz CT molecular complexity index is 904. The zero-order valence-corrected chi connectivity index (χ0v) is 14.5. The van der Waals surface area contributed by atoms with Crippen molar-refractivity contribution in [2.24, 2.45) is 5.16 Å². The first-order valence-corrected chi connectivity index (χ1v) is 8.56. The fraction of sp³-hybridized carbons (Fsp3) is 0.136. The SMILES string of the molecule is Cc1cccc(OC2=NO[C@H](c3ccc(Oc4ccccc4)cc3)C2)c1. The minimum absolute atomic E-state index is 0.138. The van der Waals surface area contributed by atoms with E-state index in [1.165, 1.54) is 0 Å². The molecule has 0 saturated carbocycles. The molecule has 0 spiro atoms. The molecule has 0 fully saturated rings. The molecular formula is C22H19NO3. The smallest absolute Gasteiger partial charge is 0.235 e. The van der Waals surface area contributed by atoms with E-state index in [4.69, 9.17) is 14.3 Å². The van der Waals surface area contributed by atoms with Crippen molar-refractivity contribution in [1.29, 1.82) is 0 Å². The molecule has 3 aromatic rings. The molecule has 0 aliphatic carbocycles. The first-order valence-electron chi connectivity index (χ1n) is 8.56. The van der Waals surface area contributed by atoms with Crippen LogP contribution in [0.2, 0.25) is 0 Å². The lowest BCUT2D eigenvalue weighted by molar-refractivity contribution is 0.0855. The summed E-state index contributed by atoms with van der Waals surface area (Å²) in [6.07, 6.45) is 0.466. The Labute approximate surface area is 152 Å². The number of rotatable bonds is 4. The molecule has 130 valence electrons. The highest BCUT2D eigenvalue weighted by atomic mass is 16.7. The van der Waals surface area contributed by atoms with Gasteiger partial charge in [0.05, 0.1) is 6.42 Å². The third kappa shape index (κ3) is 3.86. The van der Waals surface area contributed by atoms with E-state index < -0.39 is 0 Å². The zero-order valence-electron chi connectivity index (χ0n) is 14.5. The molecule has 0 radical (unpaired) electrons. The molecule has 1 aliphatic heterocycles. The van der Waals surface area contributed by atoms with Crippen molar-refractivity contribution < 1.29 is 14.3 Å². The van der Waals surface area contributed by atoms with Gasteiger partial charge in [-0.1, -0.05) is 47.6 Å². The van der Waals surface area contributed by atoms with Crippen molar-refractivity contribution in [2.75, 3.05) is 0 Å². The van der Waals surface area contributed by atoms with E-state index >= 15 is 0 Å². The second-order valence-electron chi connectivity index (χ2n) is 6.19. The maximum Gasteiger partial charge on any atom is 0.235 e. The van der Waals surface area contributed by atoms with Gasteiger partial charge in [-0.05, 0) is 54.4 Å². The Morgan fingerprint density at radius 2 is 1.54 bits per heavy atom. The summed E-state index contributed by atoms with van der Waals surface area (Å²) in [4.78, 5) is 5.53. The molecule has 4 rings (SSSR count). The second kappa shape index (κ2) is 7.31. The summed E-state index contributed by atoms with van der Waals surface area (Å²) >= 11 is 0. The molecule has 4 nitrogen and oxygen atoms in total. The Morgan fingerprint density at radius 1 is 0.808 bits per heavy atom. The molecule has 3 aromatic carbocycles. The van der Waals surface area contributed by atoms with Gasteiger partial charge in [0.1, 0.15) is 17.2 Å². The van der Waals surface area contributed by atoms with Gasteiger partial charge in [0.2, 0.25) is 5.90 Å². The average molecular weight is 345 g/mol. The van der Waals surface area contributed by atoms with Crippen LogP contribution in [0.25, 0.3) is 0 Å². The molecule has 26 heavy (non-hydrogen) atoms. The normalized spacial score (nSPS) is 15.9. The predicted octanol–water partition coefficient (Wildman–Crippen LogP) is 5.64. The minimum Gasteiger partial charge on any atom is -0.457 e. The minimum atomic E-state index is -0.138. The van der Waals surface area contributed by atoms with Crippen molar-refractivity contribution in [3.05, 3.63) is 90.0 Å². The van der Waals surface area contributed by atoms with Gasteiger partial charge in [-0.15, -0.1) is 0 Å². The van der Waals surface area contributed by atoms with Crippen LogP contribution in [0.15, 0.2) is 84.0 Å². The van der Waals surface area contributed by atoms with Crippen molar-refractivity contribution in [3.63, 3.8) is 0 Å². The van der Waals surface area contributed by atoms with Crippen LogP contribution >= 0.6 is 0 Å². The molecule has 0 bridgehead atoms. The number of ether oxygens (including phenoxy) is 2. The van der Waals surface area contributed by atoms with Crippen LogP contribution in [0.1, 0.15) is 23.7 Å². The molecule has 4 heteroatoms. The Morgan fingerprint density at radius 3 is 2.31 bits per heavy atom. The molecule has 1 aliphatic rings. The first-order chi connectivity index (χ1) is 12.8. The van der Waals surface area contributed by atoms with Crippen LogP contribution in [0.4, 0.5) is 0 Å². The number of hydrogen-bond acceptors (Lipinski definition) is 4. The Kier molecular flexibility index (Phi) is 4.56. The number of oxime groups is 1. The van der Waals surface area contributed by atoms with Crippen LogP contribution in [0.3, 0.4) is 0 Å². The van der Waals surface area contributed by atoms with Crippen LogP contribution in [0.5, 0.6) is 17.2 Å². The van der Waals surface area contributed by atoms with Crippen LogP contribution < -0.4 is 9.47 Å². The van der Waals surface area contributed by atoms with E-state index in [-0.39, 0.29) is 6.10 Å². The first kappa shape index (κ1) is 16.2. The Balaban J connectivity index is 1.37. The van der Waals surface area contributed by atoms with E-state index in [0.717, 1.165) is 28.4 Å². The number of benzene rings is 3. The highest BCUT2D eigenvalue weighted by Crippen LogP contribution is 2.30. The van der Waals surface area contributed by atoms with Gasteiger partial charge in [0.25, 0.3) is 0 Å². The summed E-state index contributed by atoms with van der Waals surface area (Å²) in [5.74, 6) is 2.97. The third-order valence-electron chi connectivity index (χ3n) is 4.10. The van der Waals surface area contributed by atoms with Crippen molar-refractivity contribution >= 4 is 5.90 Å². The molecule has 0 amide bonds. The summed E-state index contributed by atoms with van der Waals surface area (Å²) in [6, 6.07) is 25.5. The maximum atomic E-state index is 5.81. The van der Waals surface area contributed by atoms with Crippen LogP contribution in [0, 0.1) is 6.92 Å². The van der Waals surface area contributed by atoms with E-state index in [2.05, 4.69) is 5.16 Å². The largest absolute Gasteiger partial charge is 0.457 e. The fourth-order valence-corrected chi connectivity index (χ4v) is 2.78. The highest BCUT2D eigenvalue weighted by molar-refractivity contribution is 5.79. The average Bonchev–Trinajstić information content (AvgIpc) is 3.12. The van der Waals surface area contributed by atoms with E-state index in [0.29, 0.717) is 12.3 Å². The topological polar surface area (TPSA) is 40.0 Å². The quantitative estimate of drug-likeness (QED) is 0.614. The summed E-state index contributed by atoms with van der Waals surface area (Å²) in [5.41, 5.74) is 2.18. The summed E-state index contributed by atoms with van der Waals surface area (Å²) in [5, 5.41) is 4.07. The monoisotopic (exact) mass is 345 g/mol. The number of nitrogens with zero attached hydrogens (tertiary/aromatic N) is 1. The standard InChI is InChI=1S/C22H19NO3/c1-16-6-5-9-20(14-16)25-22-15-21(26-23-22)17-10-12-19(13-11-17)24-18-7-3-2-4-8-18/h2-14,21H,15H2,1H3/t21-/m0/s1. The van der Waals surface area contributed by atoms with Crippen molar-refractivity contribution in [1.82, 2.24) is 0 Å². The molecule has 0 aromatic heterocycles. The lowest BCUT2D eigenvalue weighted by Gasteiger charge is -2.10. The van der Waals surface area contributed by atoms with Crippen LogP contribution in [-0.4, -0.2) is 5.90 Å². The van der Waals surface area contributed by atoms with Gasteiger partial charge in [-0.3, -0.25) is 0 Å². The number of para-hydroxylation sites is 1. The van der Waals surface area contributed by atoms with Crippen LogP contribution in [-0.2, 0) is 4.84 Å².